The lowest BCUT2D eigenvalue weighted by Crippen LogP contribution is -2.01. The number of hydrogen-bond acceptors (Lipinski definition) is 1. The molecule has 0 spiro atoms. The van der Waals surface area contributed by atoms with Crippen LogP contribution in [0.1, 0.15) is 29.9 Å². The first-order valence-electron chi connectivity index (χ1n) is 6.15. The van der Waals surface area contributed by atoms with E-state index < -0.39 is 5.97 Å². The van der Waals surface area contributed by atoms with Crippen molar-refractivity contribution in [3.05, 3.63) is 59.7 Å². The zero-order valence-corrected chi connectivity index (χ0v) is 9.93. The molecule has 3 rings (SSSR count). The zero-order chi connectivity index (χ0) is 12.5. The molecule has 1 aliphatic rings. The molecule has 2 aromatic carbocycles. The fourth-order valence-corrected chi connectivity index (χ4v) is 2.83. The average Bonchev–Trinajstić information content (AvgIpc) is 2.71. The summed E-state index contributed by atoms with van der Waals surface area (Å²) in [5, 5.41) is 10.7. The molecular weight excluding hydrogens is 224 g/mol. The van der Waals surface area contributed by atoms with Gasteiger partial charge in [0.15, 0.2) is 0 Å². The molecule has 0 saturated heterocycles. The Morgan fingerprint density at radius 2 is 1.39 bits per heavy atom. The zero-order valence-electron chi connectivity index (χ0n) is 9.93. The van der Waals surface area contributed by atoms with Gasteiger partial charge in [0.25, 0.3) is 0 Å². The molecule has 0 aliphatic heterocycles. The van der Waals surface area contributed by atoms with E-state index in [-0.39, 0.29) is 12.3 Å². The van der Waals surface area contributed by atoms with Crippen molar-refractivity contribution in [3.63, 3.8) is 0 Å². The highest BCUT2D eigenvalue weighted by Gasteiger charge is 2.28. The molecule has 18 heavy (non-hydrogen) atoms. The maximum Gasteiger partial charge on any atom is 0.355 e. The number of carbonyl (C=O) groups excluding carboxylic acids is 1. The Morgan fingerprint density at radius 3 is 1.89 bits per heavy atom. The predicted molar refractivity (Wildman–Crippen MR) is 68.6 cm³/mol. The van der Waals surface area contributed by atoms with E-state index in [2.05, 4.69) is 24.3 Å². The molecule has 0 atom stereocenters. The van der Waals surface area contributed by atoms with Gasteiger partial charge in [0, 0.05) is 5.92 Å². The first kappa shape index (κ1) is 11.0. The first-order chi connectivity index (χ1) is 8.77. The van der Waals surface area contributed by atoms with Crippen molar-refractivity contribution >= 4 is 5.97 Å². The van der Waals surface area contributed by atoms with Crippen molar-refractivity contribution < 1.29 is 9.90 Å². The van der Waals surface area contributed by atoms with Crippen LogP contribution < -0.4 is 0 Å². The molecule has 0 bridgehead atoms. The Kier molecular flexibility index (Phi) is 2.63. The van der Waals surface area contributed by atoms with Crippen molar-refractivity contribution in [3.8, 4) is 11.1 Å². The van der Waals surface area contributed by atoms with E-state index in [1.54, 1.807) is 0 Å². The molecule has 0 saturated carbocycles. The molecule has 1 radical (unpaired) electrons. The van der Waals surface area contributed by atoms with Crippen LogP contribution in [0.2, 0.25) is 0 Å². The molecule has 1 aliphatic carbocycles. The summed E-state index contributed by atoms with van der Waals surface area (Å²) in [4.78, 5) is 10.7. The molecule has 0 heterocycles. The highest BCUT2D eigenvalue weighted by Crippen LogP contribution is 2.46. The number of benzene rings is 2. The highest BCUT2D eigenvalue weighted by atomic mass is 16.4. The minimum atomic E-state index is -0.975. The fourth-order valence-electron chi connectivity index (χ4n) is 2.83. The van der Waals surface area contributed by atoms with Crippen LogP contribution in [0, 0.1) is 0 Å². The minimum absolute atomic E-state index is 0.104. The van der Waals surface area contributed by atoms with Gasteiger partial charge in [-0.1, -0.05) is 48.5 Å². The number of fused-ring (bicyclic) bond motifs is 3. The number of carbonyl (C=O) groups is 1. The van der Waals surface area contributed by atoms with Gasteiger partial charge >= 0.3 is 5.97 Å². The molecule has 0 fully saturated rings. The molecule has 0 aromatic heterocycles. The van der Waals surface area contributed by atoms with Gasteiger partial charge in [-0.15, -0.1) is 0 Å². The third-order valence-electron chi connectivity index (χ3n) is 3.60. The molecule has 2 heteroatoms. The topological polar surface area (TPSA) is 37.0 Å². The van der Waals surface area contributed by atoms with E-state index >= 15 is 0 Å². The summed E-state index contributed by atoms with van der Waals surface area (Å²) in [6, 6.07) is 16.5. The van der Waals surface area contributed by atoms with Gasteiger partial charge in [-0.05, 0) is 28.7 Å². The Balaban J connectivity index is 2.06. The predicted octanol–water partition coefficient (Wildman–Crippen LogP) is 3.54. The molecule has 0 unspecified atom stereocenters. The quantitative estimate of drug-likeness (QED) is 0.804. The van der Waals surface area contributed by atoms with Crippen molar-refractivity contribution in [2.45, 2.75) is 18.8 Å². The smallest absolute Gasteiger partial charge is 0.247 e. The summed E-state index contributed by atoms with van der Waals surface area (Å²) in [5.74, 6) is -0.785. The van der Waals surface area contributed by atoms with Crippen LogP contribution in [0.15, 0.2) is 48.5 Å². The lowest BCUT2D eigenvalue weighted by Gasteiger charge is -2.11. The molecule has 0 amide bonds. The standard InChI is InChI=1S/C16H13O2/c17-16(18)10-9-15-13-7-3-1-5-11(13)12-6-2-4-8-14(12)15/h1-8,15H,9-10H2. The Hall–Kier alpha value is -2.09. The van der Waals surface area contributed by atoms with Gasteiger partial charge in [0.2, 0.25) is 0 Å². The minimum Gasteiger partial charge on any atom is -0.247 e. The monoisotopic (exact) mass is 237 g/mol. The summed E-state index contributed by atoms with van der Waals surface area (Å²) in [6.07, 6.45) is 0.712. The Labute approximate surface area is 106 Å². The van der Waals surface area contributed by atoms with Crippen LogP contribution in [0.4, 0.5) is 0 Å². The van der Waals surface area contributed by atoms with Crippen molar-refractivity contribution in [1.29, 1.82) is 0 Å². The lowest BCUT2D eigenvalue weighted by atomic mass is 9.92. The molecule has 0 N–H and O–H groups in total. The van der Waals surface area contributed by atoms with Gasteiger partial charge in [-0.2, -0.15) is 0 Å². The molecule has 89 valence electrons. The third kappa shape index (κ3) is 1.70. The van der Waals surface area contributed by atoms with E-state index in [0.717, 1.165) is 0 Å². The van der Waals surface area contributed by atoms with E-state index in [9.17, 15) is 9.90 Å². The fraction of sp³-hybridized carbons (Fsp3) is 0.188. The maximum atomic E-state index is 10.7. The van der Waals surface area contributed by atoms with Crippen LogP contribution in [-0.2, 0) is 9.90 Å². The van der Waals surface area contributed by atoms with Gasteiger partial charge in [0.1, 0.15) is 0 Å². The molecular formula is C16H13O2. The summed E-state index contributed by atoms with van der Waals surface area (Å²) in [6.45, 7) is 0. The van der Waals surface area contributed by atoms with Gasteiger partial charge in [0.05, 0.1) is 6.42 Å². The molecule has 2 nitrogen and oxygen atoms in total. The van der Waals surface area contributed by atoms with Crippen LogP contribution in [-0.4, -0.2) is 5.97 Å². The summed E-state index contributed by atoms with van der Waals surface area (Å²) < 4.78 is 0. The second kappa shape index (κ2) is 4.30. The average molecular weight is 237 g/mol. The van der Waals surface area contributed by atoms with Crippen molar-refractivity contribution in [2.24, 2.45) is 0 Å². The summed E-state index contributed by atoms with van der Waals surface area (Å²) in [5.41, 5.74) is 4.94. The maximum absolute atomic E-state index is 10.7. The van der Waals surface area contributed by atoms with E-state index in [1.807, 2.05) is 24.3 Å². The third-order valence-corrected chi connectivity index (χ3v) is 3.60. The lowest BCUT2D eigenvalue weighted by molar-refractivity contribution is -0.143. The van der Waals surface area contributed by atoms with E-state index in [1.165, 1.54) is 22.3 Å². The van der Waals surface area contributed by atoms with Gasteiger partial charge in [-0.3, -0.25) is 0 Å². The van der Waals surface area contributed by atoms with Crippen molar-refractivity contribution in [2.75, 3.05) is 0 Å². The SMILES string of the molecule is [O]C(=O)CCC1c2ccccc2-c2ccccc21. The van der Waals surface area contributed by atoms with E-state index in [4.69, 9.17) is 0 Å². The second-order valence-electron chi connectivity index (χ2n) is 4.64. The largest absolute Gasteiger partial charge is 0.355 e. The van der Waals surface area contributed by atoms with Crippen LogP contribution in [0.25, 0.3) is 11.1 Å². The Bertz CT molecular complexity index is 556. The summed E-state index contributed by atoms with van der Waals surface area (Å²) >= 11 is 0. The summed E-state index contributed by atoms with van der Waals surface area (Å²) in [7, 11) is 0. The van der Waals surface area contributed by atoms with Crippen LogP contribution in [0.5, 0.6) is 0 Å². The van der Waals surface area contributed by atoms with Crippen molar-refractivity contribution in [1.82, 2.24) is 0 Å². The van der Waals surface area contributed by atoms with Gasteiger partial charge < -0.3 is 0 Å². The first-order valence-corrected chi connectivity index (χ1v) is 6.15. The highest BCUT2D eigenvalue weighted by molar-refractivity contribution is 5.79. The van der Waals surface area contributed by atoms with Gasteiger partial charge in [-0.25, -0.2) is 9.90 Å². The second-order valence-corrected chi connectivity index (χ2v) is 4.64. The van der Waals surface area contributed by atoms with Crippen LogP contribution >= 0.6 is 0 Å². The number of hydrogen-bond donors (Lipinski definition) is 0. The normalized spacial score (nSPS) is 13.1. The number of rotatable bonds is 3. The van der Waals surface area contributed by atoms with Crippen LogP contribution in [0.3, 0.4) is 0 Å². The molecule has 2 aromatic rings. The Morgan fingerprint density at radius 1 is 0.889 bits per heavy atom. The van der Waals surface area contributed by atoms with E-state index in [0.29, 0.717) is 6.42 Å².